The molecule has 4 nitrogen and oxygen atoms in total. The van der Waals surface area contributed by atoms with Crippen LogP contribution >= 0.6 is 0 Å². The summed E-state index contributed by atoms with van der Waals surface area (Å²) in [5, 5.41) is 13.2. The number of hydrogen-bond acceptors (Lipinski definition) is 4. The van der Waals surface area contributed by atoms with E-state index in [-0.39, 0.29) is 0 Å². The third-order valence-electron chi connectivity index (χ3n) is 3.40. The smallest absolute Gasteiger partial charge is 0.124 e. The predicted octanol–water partition coefficient (Wildman–Crippen LogP) is 2.49. The first-order valence-corrected chi connectivity index (χ1v) is 7.23. The number of hydrogen-bond donors (Lipinski definition) is 2. The van der Waals surface area contributed by atoms with Crippen molar-refractivity contribution >= 4 is 0 Å². The van der Waals surface area contributed by atoms with Crippen molar-refractivity contribution < 1.29 is 14.6 Å². The van der Waals surface area contributed by atoms with E-state index in [9.17, 15) is 5.11 Å². The van der Waals surface area contributed by atoms with Gasteiger partial charge in [0.1, 0.15) is 11.5 Å². The van der Waals surface area contributed by atoms with Crippen LogP contribution in [0.5, 0.6) is 11.5 Å². The molecule has 0 amide bonds. The van der Waals surface area contributed by atoms with Gasteiger partial charge in [-0.05, 0) is 44.9 Å². The lowest BCUT2D eigenvalue weighted by atomic mass is 10.1. The van der Waals surface area contributed by atoms with Crippen LogP contribution in [0, 0.1) is 0 Å². The monoisotopic (exact) mass is 279 g/mol. The van der Waals surface area contributed by atoms with E-state index in [2.05, 4.69) is 5.32 Å². The van der Waals surface area contributed by atoms with Crippen LogP contribution in [0.4, 0.5) is 0 Å². The van der Waals surface area contributed by atoms with Gasteiger partial charge in [0.05, 0.1) is 19.3 Å². The van der Waals surface area contributed by atoms with Crippen molar-refractivity contribution in [2.24, 2.45) is 0 Å². The summed E-state index contributed by atoms with van der Waals surface area (Å²) < 4.78 is 11.1. The molecular weight excluding hydrogens is 254 g/mol. The largest absolute Gasteiger partial charge is 0.497 e. The molecule has 0 saturated heterocycles. The third-order valence-corrected chi connectivity index (χ3v) is 3.40. The fraction of sp³-hybridized carbons (Fsp3) is 0.625. The van der Waals surface area contributed by atoms with E-state index < -0.39 is 5.60 Å². The lowest BCUT2D eigenvalue weighted by molar-refractivity contribution is 0.0552. The van der Waals surface area contributed by atoms with Crippen LogP contribution in [0.2, 0.25) is 0 Å². The molecule has 1 aliphatic rings. The lowest BCUT2D eigenvalue weighted by Crippen LogP contribution is -2.22. The van der Waals surface area contributed by atoms with Gasteiger partial charge in [-0.15, -0.1) is 0 Å². The molecule has 1 fully saturated rings. The van der Waals surface area contributed by atoms with Crippen molar-refractivity contribution in [3.05, 3.63) is 23.8 Å². The van der Waals surface area contributed by atoms with E-state index in [4.69, 9.17) is 9.47 Å². The number of rotatable bonds is 8. The van der Waals surface area contributed by atoms with Crippen LogP contribution in [-0.2, 0) is 6.54 Å². The van der Waals surface area contributed by atoms with Gasteiger partial charge in [0.25, 0.3) is 0 Å². The molecule has 0 radical (unpaired) electrons. The van der Waals surface area contributed by atoms with Gasteiger partial charge in [0.15, 0.2) is 0 Å². The summed E-state index contributed by atoms with van der Waals surface area (Å²) in [7, 11) is 1.67. The van der Waals surface area contributed by atoms with E-state index in [0.29, 0.717) is 19.1 Å². The van der Waals surface area contributed by atoms with Gasteiger partial charge in [0, 0.05) is 24.6 Å². The third kappa shape index (κ3) is 5.02. The summed E-state index contributed by atoms with van der Waals surface area (Å²) in [6.07, 6.45) is 3.13. The van der Waals surface area contributed by atoms with Crippen molar-refractivity contribution in [2.75, 3.05) is 13.7 Å². The second kappa shape index (κ2) is 6.46. The van der Waals surface area contributed by atoms with Crippen LogP contribution in [0.1, 0.15) is 38.7 Å². The minimum absolute atomic E-state index is 0.506. The van der Waals surface area contributed by atoms with Crippen molar-refractivity contribution in [1.29, 1.82) is 0 Å². The Balaban J connectivity index is 1.97. The van der Waals surface area contributed by atoms with Gasteiger partial charge in [-0.3, -0.25) is 0 Å². The van der Waals surface area contributed by atoms with E-state index >= 15 is 0 Å². The van der Waals surface area contributed by atoms with Gasteiger partial charge in [-0.25, -0.2) is 0 Å². The minimum Gasteiger partial charge on any atom is -0.497 e. The first-order valence-electron chi connectivity index (χ1n) is 7.23. The molecule has 112 valence electrons. The fourth-order valence-corrected chi connectivity index (χ4v) is 1.91. The summed E-state index contributed by atoms with van der Waals surface area (Å²) in [6.45, 7) is 4.88. The van der Waals surface area contributed by atoms with Gasteiger partial charge in [-0.1, -0.05) is 0 Å². The average molecular weight is 279 g/mol. The molecule has 0 bridgehead atoms. The zero-order valence-corrected chi connectivity index (χ0v) is 12.6. The Kier molecular flexibility index (Phi) is 4.89. The van der Waals surface area contributed by atoms with E-state index in [1.807, 2.05) is 18.2 Å². The van der Waals surface area contributed by atoms with E-state index in [1.54, 1.807) is 21.0 Å². The highest BCUT2D eigenvalue weighted by atomic mass is 16.5. The van der Waals surface area contributed by atoms with Crippen LogP contribution in [0.25, 0.3) is 0 Å². The number of nitrogens with one attached hydrogen (secondary N) is 1. The first kappa shape index (κ1) is 15.1. The van der Waals surface area contributed by atoms with E-state index in [1.165, 1.54) is 12.8 Å². The van der Waals surface area contributed by atoms with Crippen molar-refractivity contribution in [3.8, 4) is 11.5 Å². The zero-order valence-electron chi connectivity index (χ0n) is 12.6. The maximum Gasteiger partial charge on any atom is 0.124 e. The van der Waals surface area contributed by atoms with Crippen molar-refractivity contribution in [3.63, 3.8) is 0 Å². The quantitative estimate of drug-likeness (QED) is 0.767. The van der Waals surface area contributed by atoms with Crippen molar-refractivity contribution in [1.82, 2.24) is 5.32 Å². The summed E-state index contributed by atoms with van der Waals surface area (Å²) >= 11 is 0. The second-order valence-corrected chi connectivity index (χ2v) is 6.04. The van der Waals surface area contributed by atoms with Gasteiger partial charge in [0.2, 0.25) is 0 Å². The Morgan fingerprint density at radius 2 is 2.10 bits per heavy atom. The molecule has 0 aromatic heterocycles. The molecule has 1 aromatic rings. The molecule has 1 aromatic carbocycles. The molecule has 0 atom stereocenters. The zero-order chi connectivity index (χ0) is 14.6. The average Bonchev–Trinajstić information content (AvgIpc) is 3.20. The van der Waals surface area contributed by atoms with Crippen LogP contribution in [-0.4, -0.2) is 30.5 Å². The molecule has 20 heavy (non-hydrogen) atoms. The maximum atomic E-state index is 9.72. The molecule has 0 heterocycles. The Morgan fingerprint density at radius 1 is 1.35 bits per heavy atom. The number of methoxy groups -OCH3 is 1. The minimum atomic E-state index is -0.696. The standard InChI is InChI=1S/C16H25NO3/c1-16(2,18)8-9-20-15-7-6-14(19-3)10-12(15)11-17-13-4-5-13/h6-7,10,13,17-18H,4-5,8-9,11H2,1-3H3. The molecule has 1 aliphatic carbocycles. The molecule has 2 N–H and O–H groups in total. The van der Waals surface area contributed by atoms with E-state index in [0.717, 1.165) is 23.6 Å². The van der Waals surface area contributed by atoms with Crippen LogP contribution in [0.15, 0.2) is 18.2 Å². The Morgan fingerprint density at radius 3 is 2.70 bits per heavy atom. The highest BCUT2D eigenvalue weighted by Gasteiger charge is 2.21. The number of ether oxygens (including phenoxy) is 2. The molecule has 2 rings (SSSR count). The van der Waals surface area contributed by atoms with Crippen LogP contribution in [0.3, 0.4) is 0 Å². The van der Waals surface area contributed by atoms with Gasteiger partial charge >= 0.3 is 0 Å². The molecule has 0 aliphatic heterocycles. The predicted molar refractivity (Wildman–Crippen MR) is 79.3 cm³/mol. The Hall–Kier alpha value is -1.26. The molecule has 4 heteroatoms. The molecule has 0 spiro atoms. The summed E-state index contributed by atoms with van der Waals surface area (Å²) in [6, 6.07) is 6.51. The van der Waals surface area contributed by atoms with Gasteiger partial charge in [-0.2, -0.15) is 0 Å². The Labute approximate surface area is 121 Å². The summed E-state index contributed by atoms with van der Waals surface area (Å²) in [5.41, 5.74) is 0.408. The molecule has 0 unspecified atom stereocenters. The maximum absolute atomic E-state index is 9.72. The highest BCUT2D eigenvalue weighted by molar-refractivity contribution is 5.40. The number of aliphatic hydroxyl groups is 1. The first-order chi connectivity index (χ1) is 9.48. The number of benzene rings is 1. The fourth-order valence-electron chi connectivity index (χ4n) is 1.91. The second-order valence-electron chi connectivity index (χ2n) is 6.04. The molecular formula is C16H25NO3. The van der Waals surface area contributed by atoms with Crippen LogP contribution < -0.4 is 14.8 Å². The summed E-state index contributed by atoms with van der Waals surface area (Å²) in [4.78, 5) is 0. The lowest BCUT2D eigenvalue weighted by Gasteiger charge is -2.18. The SMILES string of the molecule is COc1ccc(OCCC(C)(C)O)c(CNC2CC2)c1. The Bertz CT molecular complexity index is 436. The summed E-state index contributed by atoms with van der Waals surface area (Å²) in [5.74, 6) is 1.70. The highest BCUT2D eigenvalue weighted by Crippen LogP contribution is 2.26. The normalized spacial score (nSPS) is 15.2. The topological polar surface area (TPSA) is 50.7 Å². The molecule has 1 saturated carbocycles. The van der Waals surface area contributed by atoms with Crippen molar-refractivity contribution in [2.45, 2.75) is 51.3 Å². The van der Waals surface area contributed by atoms with Gasteiger partial charge < -0.3 is 19.9 Å².